The number of carboxylic acid groups (broad SMARTS) is 1. The van der Waals surface area contributed by atoms with Crippen LogP contribution in [0.2, 0.25) is 0 Å². The number of primary amides is 1. The molecule has 1 rings (SSSR count). The van der Waals surface area contributed by atoms with Crippen LogP contribution in [0.4, 0.5) is 10.5 Å². The van der Waals surface area contributed by atoms with Gasteiger partial charge >= 0.3 is 12.0 Å². The van der Waals surface area contributed by atoms with Gasteiger partial charge in [0, 0.05) is 5.69 Å². The van der Waals surface area contributed by atoms with Gasteiger partial charge in [-0.25, -0.2) is 4.79 Å². The van der Waals surface area contributed by atoms with Crippen LogP contribution in [0.5, 0.6) is 0 Å². The molecule has 0 aliphatic heterocycles. The van der Waals surface area contributed by atoms with Gasteiger partial charge in [0.1, 0.15) is 6.42 Å². The van der Waals surface area contributed by atoms with E-state index in [2.05, 4.69) is 10.6 Å². The van der Waals surface area contributed by atoms with Gasteiger partial charge in [-0.3, -0.25) is 9.59 Å². The zero-order valence-corrected chi connectivity index (χ0v) is 10.3. The molecule has 19 heavy (non-hydrogen) atoms. The molecule has 7 nitrogen and oxygen atoms in total. The summed E-state index contributed by atoms with van der Waals surface area (Å²) in [7, 11) is 0. The minimum absolute atomic E-state index is 0.325. The zero-order valence-electron chi connectivity index (χ0n) is 10.3. The number of aliphatic carboxylic acids is 1. The first-order chi connectivity index (χ1) is 8.88. The van der Waals surface area contributed by atoms with Gasteiger partial charge in [-0.05, 0) is 24.6 Å². The molecule has 0 aromatic heterocycles. The molecule has 102 valence electrons. The van der Waals surface area contributed by atoms with Crippen molar-refractivity contribution < 1.29 is 19.5 Å². The van der Waals surface area contributed by atoms with E-state index in [0.717, 1.165) is 5.56 Å². The van der Waals surface area contributed by atoms with Gasteiger partial charge in [0.05, 0.1) is 6.04 Å². The lowest BCUT2D eigenvalue weighted by Gasteiger charge is -2.14. The van der Waals surface area contributed by atoms with E-state index in [4.69, 9.17) is 10.8 Å². The average Bonchev–Trinajstić information content (AvgIpc) is 2.27. The Bertz CT molecular complexity index is 484. The van der Waals surface area contributed by atoms with E-state index in [1.165, 1.54) is 0 Å². The number of rotatable bonds is 5. The predicted octanol–water partition coefficient (Wildman–Crippen LogP) is 0.829. The highest BCUT2D eigenvalue weighted by Crippen LogP contribution is 2.16. The molecule has 0 radical (unpaired) electrons. The van der Waals surface area contributed by atoms with Gasteiger partial charge in [0.25, 0.3) is 0 Å². The number of carboxylic acids is 1. The Hall–Kier alpha value is -2.57. The van der Waals surface area contributed by atoms with Crippen molar-refractivity contribution in [1.82, 2.24) is 5.32 Å². The van der Waals surface area contributed by atoms with Gasteiger partial charge in [0.15, 0.2) is 0 Å². The van der Waals surface area contributed by atoms with Crippen LogP contribution in [0.25, 0.3) is 0 Å². The number of nitrogens with one attached hydrogen (secondary N) is 2. The second kappa shape index (κ2) is 6.39. The number of carbonyl (C=O) groups is 3. The molecule has 1 unspecified atom stereocenters. The first-order valence-electron chi connectivity index (χ1n) is 5.56. The molecule has 1 aromatic rings. The average molecular weight is 265 g/mol. The summed E-state index contributed by atoms with van der Waals surface area (Å²) >= 11 is 0. The first kappa shape index (κ1) is 14.5. The van der Waals surface area contributed by atoms with E-state index in [-0.39, 0.29) is 6.04 Å². The molecule has 5 N–H and O–H groups in total. The molecule has 0 saturated carbocycles. The number of hydrogen-bond acceptors (Lipinski definition) is 3. The van der Waals surface area contributed by atoms with Gasteiger partial charge < -0.3 is 21.5 Å². The predicted molar refractivity (Wildman–Crippen MR) is 68.5 cm³/mol. The maximum absolute atomic E-state index is 11.3. The summed E-state index contributed by atoms with van der Waals surface area (Å²) in [4.78, 5) is 32.3. The van der Waals surface area contributed by atoms with Gasteiger partial charge in [-0.2, -0.15) is 0 Å². The maximum Gasteiger partial charge on any atom is 0.316 e. The summed E-state index contributed by atoms with van der Waals surface area (Å²) in [6.45, 7) is 1.73. The Morgan fingerprint density at radius 3 is 2.32 bits per heavy atom. The maximum atomic E-state index is 11.3. The van der Waals surface area contributed by atoms with Crippen molar-refractivity contribution in [2.24, 2.45) is 5.73 Å². The Labute approximate surface area is 109 Å². The number of anilines is 1. The van der Waals surface area contributed by atoms with E-state index in [1.807, 2.05) is 0 Å². The summed E-state index contributed by atoms with van der Waals surface area (Å²) in [6.07, 6.45) is -0.564. The summed E-state index contributed by atoms with van der Waals surface area (Å²) < 4.78 is 0. The molecule has 0 saturated heterocycles. The molecular weight excluding hydrogens is 250 g/mol. The second-order valence-electron chi connectivity index (χ2n) is 3.97. The molecule has 0 heterocycles. The Morgan fingerprint density at radius 1 is 1.26 bits per heavy atom. The van der Waals surface area contributed by atoms with Crippen LogP contribution < -0.4 is 16.4 Å². The number of nitrogens with two attached hydrogens (primary N) is 1. The monoisotopic (exact) mass is 265 g/mol. The third kappa shape index (κ3) is 5.07. The lowest BCUT2D eigenvalue weighted by molar-refractivity contribution is -0.140. The fraction of sp³-hybridized carbons (Fsp3) is 0.250. The second-order valence-corrected chi connectivity index (χ2v) is 3.97. The number of hydrogen-bond donors (Lipinski definition) is 4. The Balaban J connectivity index is 2.62. The van der Waals surface area contributed by atoms with Crippen molar-refractivity contribution in [2.75, 3.05) is 5.32 Å². The lowest BCUT2D eigenvalue weighted by Crippen LogP contribution is -2.28. The first-order valence-corrected chi connectivity index (χ1v) is 5.56. The van der Waals surface area contributed by atoms with Crippen molar-refractivity contribution in [2.45, 2.75) is 19.4 Å². The number of urea groups is 1. The molecule has 7 heteroatoms. The van der Waals surface area contributed by atoms with Gasteiger partial charge in [0.2, 0.25) is 5.91 Å². The number of benzene rings is 1. The van der Waals surface area contributed by atoms with Crippen molar-refractivity contribution in [3.63, 3.8) is 0 Å². The summed E-state index contributed by atoms with van der Waals surface area (Å²) in [6, 6.07) is 5.71. The highest BCUT2D eigenvalue weighted by molar-refractivity contribution is 5.93. The Morgan fingerprint density at radius 2 is 1.84 bits per heavy atom. The number of carbonyl (C=O) groups excluding carboxylic acids is 2. The molecule has 0 bridgehead atoms. The third-order valence-electron chi connectivity index (χ3n) is 2.37. The van der Waals surface area contributed by atoms with Crippen LogP contribution in [0.1, 0.15) is 24.9 Å². The summed E-state index contributed by atoms with van der Waals surface area (Å²) in [5.41, 5.74) is 6.30. The minimum atomic E-state index is -1.18. The molecule has 0 spiro atoms. The fourth-order valence-corrected chi connectivity index (χ4v) is 1.51. The van der Waals surface area contributed by atoms with Crippen molar-refractivity contribution in [1.29, 1.82) is 0 Å². The summed E-state index contributed by atoms with van der Waals surface area (Å²) in [5, 5.41) is 13.4. The molecule has 0 aliphatic rings. The standard InChI is InChI=1S/C12H15N3O4/c1-7(14-10(16)6-11(17)18)8-2-4-9(5-3-8)15-12(13)19/h2-5,7H,6H2,1H3,(H,14,16)(H,17,18)(H3,13,15,19). The van der Waals surface area contributed by atoms with Crippen molar-refractivity contribution >= 4 is 23.6 Å². The molecule has 1 aromatic carbocycles. The van der Waals surface area contributed by atoms with E-state index >= 15 is 0 Å². The van der Waals surface area contributed by atoms with Crippen LogP contribution in [0, 0.1) is 0 Å². The van der Waals surface area contributed by atoms with Crippen molar-refractivity contribution in [3.05, 3.63) is 29.8 Å². The molecule has 0 fully saturated rings. The van der Waals surface area contributed by atoms with E-state index in [9.17, 15) is 14.4 Å². The van der Waals surface area contributed by atoms with Crippen LogP contribution in [-0.2, 0) is 9.59 Å². The van der Waals surface area contributed by atoms with Crippen molar-refractivity contribution in [3.8, 4) is 0 Å². The Kier molecular flexibility index (Phi) is 4.87. The smallest absolute Gasteiger partial charge is 0.316 e. The SMILES string of the molecule is CC(NC(=O)CC(=O)O)c1ccc(NC(N)=O)cc1. The molecular formula is C12H15N3O4. The quantitative estimate of drug-likeness (QED) is 0.589. The fourth-order valence-electron chi connectivity index (χ4n) is 1.51. The van der Waals surface area contributed by atoms with E-state index in [0.29, 0.717) is 5.69 Å². The normalized spacial score (nSPS) is 11.4. The molecule has 3 amide bonds. The molecule has 1 atom stereocenters. The van der Waals surface area contributed by atoms with E-state index in [1.54, 1.807) is 31.2 Å². The van der Waals surface area contributed by atoms with Gasteiger partial charge in [-0.1, -0.05) is 12.1 Å². The van der Waals surface area contributed by atoms with E-state index < -0.39 is 24.3 Å². The van der Waals surface area contributed by atoms with Crippen LogP contribution in [0.15, 0.2) is 24.3 Å². The van der Waals surface area contributed by atoms with Gasteiger partial charge in [-0.15, -0.1) is 0 Å². The van der Waals surface area contributed by atoms with Crippen LogP contribution in [-0.4, -0.2) is 23.0 Å². The topological polar surface area (TPSA) is 122 Å². The highest BCUT2D eigenvalue weighted by atomic mass is 16.4. The zero-order chi connectivity index (χ0) is 14.4. The minimum Gasteiger partial charge on any atom is -0.481 e. The summed E-state index contributed by atoms with van der Waals surface area (Å²) in [5.74, 6) is -1.73. The highest BCUT2D eigenvalue weighted by Gasteiger charge is 2.12. The largest absolute Gasteiger partial charge is 0.481 e. The lowest BCUT2D eigenvalue weighted by atomic mass is 10.1. The number of amides is 3. The molecule has 0 aliphatic carbocycles. The van der Waals surface area contributed by atoms with Crippen LogP contribution >= 0.6 is 0 Å². The van der Waals surface area contributed by atoms with Crippen LogP contribution in [0.3, 0.4) is 0 Å². The third-order valence-corrected chi connectivity index (χ3v) is 2.37.